The zero-order valence-electron chi connectivity index (χ0n) is 38.3. The molecule has 13 heteroatoms. The average Bonchev–Trinajstić information content (AvgIpc) is 3.23. The first kappa shape index (κ1) is 57.4. The number of hydrogen-bond donors (Lipinski definition) is 8. The van der Waals surface area contributed by atoms with Crippen molar-refractivity contribution in [1.82, 2.24) is 5.32 Å². The normalized spacial score (nSPS) is 22.8. The number of carbonyl (C=O) groups excluding carboxylic acids is 1. The third-order valence-corrected chi connectivity index (χ3v) is 13.4. The first-order valence-electron chi connectivity index (χ1n) is 25.0. The summed E-state index contributed by atoms with van der Waals surface area (Å²) in [6.07, 6.45) is 28.4. The lowest BCUT2D eigenvalue weighted by molar-refractivity contribution is -0.220. The van der Waals surface area contributed by atoms with Crippen molar-refractivity contribution in [2.75, 3.05) is 6.61 Å². The van der Waals surface area contributed by atoms with Crippen molar-refractivity contribution in [3.8, 4) is 0 Å². The quantitative estimate of drug-likeness (QED) is 0.0214. The molecule has 0 aliphatic heterocycles. The first-order valence-corrected chi connectivity index (χ1v) is 26.5. The first-order chi connectivity index (χ1) is 28.9. The minimum atomic E-state index is -5.05. The molecule has 60 heavy (non-hydrogen) atoms. The molecule has 358 valence electrons. The van der Waals surface area contributed by atoms with Crippen molar-refractivity contribution in [2.24, 2.45) is 0 Å². The van der Waals surface area contributed by atoms with Crippen LogP contribution in [0.4, 0.5) is 0 Å². The standard InChI is InChI=1S/C47H94NO11P/c1-3-5-7-9-11-13-15-17-19-20-21-23-25-27-29-31-33-35-37-41(50)48-39(38-58-60(56,57)59-47-45(54)43(52)42(51)44(53)46(47)55)40(49)36-34-32-30-28-26-24-22-18-16-14-12-10-8-6-4-2/h39-40,42-47,49,51-55H,3-38H2,1-2H3,(H,48,50)(H,56,57)/t39-,40+,42?,43+,44?,45?,46?,47?/m0/s1. The molecule has 1 rings (SSSR count). The highest BCUT2D eigenvalue weighted by atomic mass is 31.2. The van der Waals surface area contributed by atoms with Crippen LogP contribution in [-0.4, -0.2) is 96.8 Å². The molecule has 8 N–H and O–H groups in total. The van der Waals surface area contributed by atoms with Crippen molar-refractivity contribution in [1.29, 1.82) is 0 Å². The van der Waals surface area contributed by atoms with Crippen molar-refractivity contribution in [2.45, 2.75) is 287 Å². The van der Waals surface area contributed by atoms with Crippen LogP contribution in [0.25, 0.3) is 0 Å². The number of aliphatic hydroxyl groups is 6. The fourth-order valence-electron chi connectivity index (χ4n) is 8.32. The van der Waals surface area contributed by atoms with Crippen LogP contribution in [-0.2, 0) is 18.4 Å². The molecule has 0 aromatic rings. The van der Waals surface area contributed by atoms with Gasteiger partial charge in [0.15, 0.2) is 0 Å². The van der Waals surface area contributed by atoms with Gasteiger partial charge in [0, 0.05) is 6.42 Å². The molecule has 1 aliphatic rings. The van der Waals surface area contributed by atoms with Gasteiger partial charge in [-0.25, -0.2) is 4.57 Å². The Morgan fingerprint density at radius 3 is 1.15 bits per heavy atom. The van der Waals surface area contributed by atoms with Gasteiger partial charge >= 0.3 is 7.82 Å². The summed E-state index contributed by atoms with van der Waals surface area (Å²) in [6, 6.07) is -1.03. The van der Waals surface area contributed by atoms with E-state index in [9.17, 15) is 44.9 Å². The number of nitrogens with one attached hydrogen (secondary N) is 1. The molecular weight excluding hydrogens is 785 g/mol. The van der Waals surface area contributed by atoms with Gasteiger partial charge in [-0.15, -0.1) is 0 Å². The summed E-state index contributed by atoms with van der Waals surface area (Å²) < 4.78 is 23.0. The molecular formula is C47H94NO11P. The van der Waals surface area contributed by atoms with E-state index < -0.39 is 63.2 Å². The number of amides is 1. The summed E-state index contributed by atoms with van der Waals surface area (Å²) >= 11 is 0. The topological polar surface area (TPSA) is 206 Å². The van der Waals surface area contributed by atoms with E-state index >= 15 is 0 Å². The van der Waals surface area contributed by atoms with Crippen molar-refractivity contribution >= 4 is 13.7 Å². The smallest absolute Gasteiger partial charge is 0.391 e. The second-order valence-corrected chi connectivity index (χ2v) is 19.4. The summed E-state index contributed by atoms with van der Waals surface area (Å²) in [7, 11) is -5.05. The Kier molecular flexibility index (Phi) is 36.0. The van der Waals surface area contributed by atoms with E-state index in [4.69, 9.17) is 9.05 Å². The number of unbranched alkanes of at least 4 members (excludes halogenated alkanes) is 31. The van der Waals surface area contributed by atoms with Gasteiger partial charge in [-0.2, -0.15) is 0 Å². The second-order valence-electron chi connectivity index (χ2n) is 18.0. The molecule has 1 saturated carbocycles. The van der Waals surface area contributed by atoms with Crippen LogP contribution in [0, 0.1) is 0 Å². The molecule has 0 aromatic carbocycles. The summed E-state index contributed by atoms with van der Waals surface area (Å²) in [4.78, 5) is 23.5. The van der Waals surface area contributed by atoms with E-state index in [1.54, 1.807) is 0 Å². The zero-order chi connectivity index (χ0) is 44.3. The van der Waals surface area contributed by atoms with E-state index in [0.29, 0.717) is 19.3 Å². The molecule has 6 unspecified atom stereocenters. The van der Waals surface area contributed by atoms with Crippen LogP contribution in [0.3, 0.4) is 0 Å². The number of phosphoric ester groups is 1. The van der Waals surface area contributed by atoms with Crippen LogP contribution in [0.1, 0.15) is 239 Å². The zero-order valence-corrected chi connectivity index (χ0v) is 39.2. The maximum atomic E-state index is 13.0. The summed E-state index contributed by atoms with van der Waals surface area (Å²) in [5.74, 6) is -0.303. The number of aliphatic hydroxyl groups excluding tert-OH is 6. The number of carbonyl (C=O) groups is 1. The number of hydrogen-bond acceptors (Lipinski definition) is 10. The van der Waals surface area contributed by atoms with Crippen LogP contribution < -0.4 is 5.32 Å². The van der Waals surface area contributed by atoms with E-state index in [-0.39, 0.29) is 12.3 Å². The lowest BCUT2D eigenvalue weighted by Crippen LogP contribution is -2.64. The molecule has 0 aromatic heterocycles. The van der Waals surface area contributed by atoms with Gasteiger partial charge in [0.25, 0.3) is 0 Å². The van der Waals surface area contributed by atoms with E-state index in [1.165, 1.54) is 161 Å². The summed E-state index contributed by atoms with van der Waals surface area (Å²) in [5, 5.41) is 64.2. The van der Waals surface area contributed by atoms with E-state index in [2.05, 4.69) is 19.2 Å². The van der Waals surface area contributed by atoms with Gasteiger partial charge in [0.05, 0.1) is 18.8 Å². The Morgan fingerprint density at radius 2 is 0.800 bits per heavy atom. The summed E-state index contributed by atoms with van der Waals surface area (Å²) in [6.45, 7) is 3.91. The third-order valence-electron chi connectivity index (χ3n) is 12.4. The number of rotatable bonds is 42. The van der Waals surface area contributed by atoms with E-state index in [0.717, 1.165) is 38.5 Å². The van der Waals surface area contributed by atoms with Gasteiger partial charge < -0.3 is 40.8 Å². The van der Waals surface area contributed by atoms with E-state index in [1.807, 2.05) is 0 Å². The Morgan fingerprint density at radius 1 is 0.500 bits per heavy atom. The highest BCUT2D eigenvalue weighted by Crippen LogP contribution is 2.47. The van der Waals surface area contributed by atoms with Gasteiger partial charge in [-0.1, -0.05) is 219 Å². The van der Waals surface area contributed by atoms with Crippen molar-refractivity contribution in [3.05, 3.63) is 0 Å². The van der Waals surface area contributed by atoms with Crippen molar-refractivity contribution < 1.29 is 53.9 Å². The van der Waals surface area contributed by atoms with Gasteiger partial charge in [0.2, 0.25) is 5.91 Å². The highest BCUT2D eigenvalue weighted by molar-refractivity contribution is 7.47. The van der Waals surface area contributed by atoms with Gasteiger partial charge in [-0.05, 0) is 12.8 Å². The molecule has 0 spiro atoms. The van der Waals surface area contributed by atoms with Crippen LogP contribution in [0.5, 0.6) is 0 Å². The largest absolute Gasteiger partial charge is 0.472 e. The number of phosphoric acid groups is 1. The molecule has 1 amide bonds. The Bertz CT molecular complexity index is 1030. The van der Waals surface area contributed by atoms with Gasteiger partial charge in [-0.3, -0.25) is 13.8 Å². The lowest BCUT2D eigenvalue weighted by atomic mass is 9.85. The predicted octanol–water partition coefficient (Wildman–Crippen LogP) is 9.85. The van der Waals surface area contributed by atoms with Crippen LogP contribution in [0.15, 0.2) is 0 Å². The fraction of sp³-hybridized carbons (Fsp3) is 0.979. The minimum absolute atomic E-state index is 0.243. The maximum Gasteiger partial charge on any atom is 0.472 e. The third kappa shape index (κ3) is 28.9. The van der Waals surface area contributed by atoms with Crippen LogP contribution in [0.2, 0.25) is 0 Å². The SMILES string of the molecule is CCCCCCCCCCCCCCCCCCCCC(=O)N[C@@H](COP(=O)(O)OC1C(O)C(O)C(O)[C@@H](O)C1O)[C@H](O)CCCCCCCCCCCCCCCCC. The molecule has 0 bridgehead atoms. The molecule has 0 radical (unpaired) electrons. The predicted molar refractivity (Wildman–Crippen MR) is 242 cm³/mol. The van der Waals surface area contributed by atoms with Crippen LogP contribution >= 0.6 is 7.82 Å². The maximum absolute atomic E-state index is 13.0. The molecule has 0 saturated heterocycles. The molecule has 9 atom stereocenters. The minimum Gasteiger partial charge on any atom is -0.391 e. The highest BCUT2D eigenvalue weighted by Gasteiger charge is 2.51. The summed E-state index contributed by atoms with van der Waals surface area (Å²) in [5.41, 5.74) is 0. The molecule has 0 heterocycles. The monoisotopic (exact) mass is 880 g/mol. The molecule has 1 fully saturated rings. The lowest BCUT2D eigenvalue weighted by Gasteiger charge is -2.41. The second kappa shape index (κ2) is 37.7. The average molecular weight is 880 g/mol. The molecule has 1 aliphatic carbocycles. The van der Waals surface area contributed by atoms with Gasteiger partial charge in [0.1, 0.15) is 36.6 Å². The Balaban J connectivity index is 2.41. The van der Waals surface area contributed by atoms with Crippen molar-refractivity contribution in [3.63, 3.8) is 0 Å². The Labute approximate surface area is 366 Å². The Hall–Kier alpha value is -0.660. The fourth-order valence-corrected chi connectivity index (χ4v) is 9.29. The molecule has 12 nitrogen and oxygen atoms in total.